The highest BCUT2D eigenvalue weighted by molar-refractivity contribution is 6.42. The Kier molecular flexibility index (Phi) is 12.3. The number of halogens is 2. The smallest absolute Gasteiger partial charge is 0.345 e. The predicted octanol–water partition coefficient (Wildman–Crippen LogP) is 5.99. The Balaban J connectivity index is 1.38. The molecule has 0 spiro atoms. The van der Waals surface area contributed by atoms with Gasteiger partial charge in [0.15, 0.2) is 6.10 Å². The van der Waals surface area contributed by atoms with Crippen molar-refractivity contribution in [2.45, 2.75) is 44.2 Å². The average Bonchev–Trinajstić information content (AvgIpc) is 3.55. The van der Waals surface area contributed by atoms with Gasteiger partial charge in [-0.3, -0.25) is 14.5 Å². The van der Waals surface area contributed by atoms with E-state index in [1.807, 2.05) is 61.6 Å². The van der Waals surface area contributed by atoms with Crippen LogP contribution < -0.4 is 0 Å². The summed E-state index contributed by atoms with van der Waals surface area (Å²) in [6.07, 6.45) is 1.88. The van der Waals surface area contributed by atoms with E-state index in [1.54, 1.807) is 17.2 Å². The van der Waals surface area contributed by atoms with Crippen molar-refractivity contribution in [1.29, 1.82) is 0 Å². The van der Waals surface area contributed by atoms with Crippen molar-refractivity contribution in [3.8, 4) is 0 Å². The third-order valence-corrected chi connectivity index (χ3v) is 8.81. The molecule has 1 aromatic heterocycles. The van der Waals surface area contributed by atoms with E-state index in [0.29, 0.717) is 28.6 Å². The fraction of sp³-hybridized carbons (Fsp3) is 0.424. The quantitative estimate of drug-likeness (QED) is 0.214. The number of hydrogen-bond acceptors (Lipinski definition) is 7. The van der Waals surface area contributed by atoms with Gasteiger partial charge < -0.3 is 24.1 Å². The number of hydrogen-bond donors (Lipinski definition) is 1. The van der Waals surface area contributed by atoms with Gasteiger partial charge in [0.1, 0.15) is 5.76 Å². The van der Waals surface area contributed by atoms with Crippen LogP contribution >= 0.6 is 23.2 Å². The van der Waals surface area contributed by atoms with E-state index in [-0.39, 0.29) is 24.3 Å². The Morgan fingerprint density at radius 1 is 0.955 bits per heavy atom. The fourth-order valence-corrected chi connectivity index (χ4v) is 6.02. The molecule has 236 valence electrons. The zero-order chi connectivity index (χ0) is 31.6. The van der Waals surface area contributed by atoms with Gasteiger partial charge in [-0.1, -0.05) is 47.5 Å². The van der Waals surface area contributed by atoms with Crippen molar-refractivity contribution in [1.82, 2.24) is 14.7 Å². The number of ether oxygens (including phenoxy) is 1. The summed E-state index contributed by atoms with van der Waals surface area (Å²) >= 11 is 12.6. The Bertz CT molecular complexity index is 1380. The summed E-state index contributed by atoms with van der Waals surface area (Å²) in [5.41, 5.74) is 1.68. The lowest BCUT2D eigenvalue weighted by atomic mass is 9.94. The molecule has 2 aromatic carbocycles. The van der Waals surface area contributed by atoms with E-state index in [2.05, 4.69) is 9.80 Å². The van der Waals surface area contributed by atoms with Gasteiger partial charge >= 0.3 is 11.9 Å². The van der Waals surface area contributed by atoms with Crippen LogP contribution in [-0.2, 0) is 14.3 Å². The number of aliphatic carboxylic acids is 1. The molecule has 1 aliphatic heterocycles. The van der Waals surface area contributed by atoms with Gasteiger partial charge in [0, 0.05) is 58.2 Å². The van der Waals surface area contributed by atoms with Gasteiger partial charge in [-0.2, -0.15) is 0 Å². The molecule has 0 bridgehead atoms. The highest BCUT2D eigenvalue weighted by Gasteiger charge is 2.30. The lowest BCUT2D eigenvalue weighted by molar-refractivity contribution is -0.163. The maximum atomic E-state index is 13.1. The van der Waals surface area contributed by atoms with Gasteiger partial charge in [-0.25, -0.2) is 4.79 Å². The van der Waals surface area contributed by atoms with Crippen LogP contribution in [0.3, 0.4) is 0 Å². The molecule has 9 nitrogen and oxygen atoms in total. The number of furan rings is 1. The Hall–Kier alpha value is -3.37. The van der Waals surface area contributed by atoms with Crippen LogP contribution in [0.2, 0.25) is 10.0 Å². The average molecular weight is 645 g/mol. The van der Waals surface area contributed by atoms with Crippen LogP contribution in [0.1, 0.15) is 59.8 Å². The topological polar surface area (TPSA) is 104 Å². The molecule has 1 unspecified atom stereocenters. The minimum Gasteiger partial charge on any atom is -0.479 e. The van der Waals surface area contributed by atoms with Crippen molar-refractivity contribution in [3.63, 3.8) is 0 Å². The number of piperazine rings is 1. The third kappa shape index (κ3) is 9.32. The molecule has 0 saturated carbocycles. The third-order valence-electron chi connectivity index (χ3n) is 8.08. The maximum absolute atomic E-state index is 13.1. The normalized spacial score (nSPS) is 16.2. The summed E-state index contributed by atoms with van der Waals surface area (Å²) in [5, 5.41) is 10.5. The van der Waals surface area contributed by atoms with E-state index >= 15 is 0 Å². The molecule has 4 rings (SSSR count). The van der Waals surface area contributed by atoms with Gasteiger partial charge in [-0.15, -0.1) is 0 Å². The van der Waals surface area contributed by atoms with Crippen LogP contribution in [0.15, 0.2) is 71.3 Å². The number of benzene rings is 2. The summed E-state index contributed by atoms with van der Waals surface area (Å²) in [6, 6.07) is 18.5. The molecule has 1 saturated heterocycles. The van der Waals surface area contributed by atoms with Crippen molar-refractivity contribution < 1.29 is 28.6 Å². The van der Waals surface area contributed by atoms with E-state index in [0.717, 1.165) is 50.5 Å². The molecule has 1 N–H and O–H groups in total. The zero-order valence-corrected chi connectivity index (χ0v) is 26.5. The first-order valence-corrected chi connectivity index (χ1v) is 15.5. The second-order valence-corrected chi connectivity index (χ2v) is 11.9. The first-order valence-electron chi connectivity index (χ1n) is 14.8. The number of rotatable bonds is 14. The van der Waals surface area contributed by atoms with E-state index < -0.39 is 18.0 Å². The SMILES string of the molecule is CC(=O)O[C@@H](CCC(c1ccco1)N1CCN(CC[C@H](CN(C)C(=O)c2ccccc2)c2ccc(Cl)c(Cl)c2)CC1)C(=O)O. The number of nitrogens with zero attached hydrogens (tertiary/aromatic N) is 3. The number of carbonyl (C=O) groups is 3. The number of esters is 1. The van der Waals surface area contributed by atoms with E-state index in [4.69, 9.17) is 32.4 Å². The number of carboxylic acids is 1. The van der Waals surface area contributed by atoms with Crippen molar-refractivity contribution >= 4 is 41.0 Å². The molecular formula is C33H39Cl2N3O6. The summed E-state index contributed by atoms with van der Waals surface area (Å²) < 4.78 is 10.7. The second-order valence-electron chi connectivity index (χ2n) is 11.1. The first kappa shape index (κ1) is 33.5. The van der Waals surface area contributed by atoms with Crippen molar-refractivity contribution in [2.75, 3.05) is 46.3 Å². The standard InChI is InChI=1S/C33H39Cl2N3O6/c1-23(39)44-31(33(41)42)13-12-29(30-9-6-20-43-30)38-18-16-37(17-19-38)15-14-26(25-10-11-27(34)28(35)21-25)22-36(2)32(40)24-7-4-3-5-8-24/h3-11,20-21,26,29,31H,12-19,22H2,1-2H3,(H,41,42)/t26-,29?,31+/m1/s1. The number of carboxylic acid groups (broad SMARTS) is 1. The monoisotopic (exact) mass is 643 g/mol. The highest BCUT2D eigenvalue weighted by Crippen LogP contribution is 2.31. The lowest BCUT2D eigenvalue weighted by Crippen LogP contribution is -2.48. The van der Waals surface area contributed by atoms with Crippen LogP contribution in [0.5, 0.6) is 0 Å². The first-order chi connectivity index (χ1) is 21.1. The van der Waals surface area contributed by atoms with Gasteiger partial charge in [0.2, 0.25) is 0 Å². The van der Waals surface area contributed by atoms with Crippen LogP contribution in [0.4, 0.5) is 0 Å². The highest BCUT2D eigenvalue weighted by atomic mass is 35.5. The molecule has 1 aliphatic rings. The summed E-state index contributed by atoms with van der Waals surface area (Å²) in [7, 11) is 1.82. The Morgan fingerprint density at radius 3 is 2.30 bits per heavy atom. The minimum atomic E-state index is -1.20. The molecule has 3 atom stereocenters. The van der Waals surface area contributed by atoms with Crippen molar-refractivity contribution in [2.24, 2.45) is 0 Å². The summed E-state index contributed by atoms with van der Waals surface area (Å²) in [4.78, 5) is 42.6. The van der Waals surface area contributed by atoms with Crippen LogP contribution in [0.25, 0.3) is 0 Å². The molecule has 2 heterocycles. The van der Waals surface area contributed by atoms with Gasteiger partial charge in [-0.05, 0) is 67.8 Å². The second kappa shape index (κ2) is 16.1. The number of likely N-dealkylation sites (N-methyl/N-ethyl adjacent to an activating group) is 1. The molecule has 0 radical (unpaired) electrons. The molecule has 0 aliphatic carbocycles. The maximum Gasteiger partial charge on any atom is 0.345 e. The predicted molar refractivity (Wildman–Crippen MR) is 169 cm³/mol. The molecule has 1 fully saturated rings. The van der Waals surface area contributed by atoms with Crippen molar-refractivity contribution in [3.05, 3.63) is 93.9 Å². The van der Waals surface area contributed by atoms with Gasteiger partial charge in [0.25, 0.3) is 5.91 Å². The Labute approximate surface area is 268 Å². The minimum absolute atomic E-state index is 0.0351. The van der Waals surface area contributed by atoms with Crippen LogP contribution in [0, 0.1) is 0 Å². The summed E-state index contributed by atoms with van der Waals surface area (Å²) in [6.45, 7) is 5.72. The zero-order valence-electron chi connectivity index (χ0n) is 25.0. The van der Waals surface area contributed by atoms with E-state index in [1.165, 1.54) is 6.92 Å². The molecule has 44 heavy (non-hydrogen) atoms. The largest absolute Gasteiger partial charge is 0.479 e. The summed E-state index contributed by atoms with van der Waals surface area (Å²) in [5.74, 6) is -1.000. The van der Waals surface area contributed by atoms with Crippen LogP contribution in [-0.4, -0.2) is 90.1 Å². The van der Waals surface area contributed by atoms with Gasteiger partial charge in [0.05, 0.1) is 22.4 Å². The number of amides is 1. The molecule has 11 heteroatoms. The van der Waals surface area contributed by atoms with E-state index in [9.17, 15) is 19.5 Å². The lowest BCUT2D eigenvalue weighted by Gasteiger charge is -2.39. The fourth-order valence-electron chi connectivity index (χ4n) is 5.71. The number of carbonyl (C=O) groups excluding carboxylic acids is 2. The molecular weight excluding hydrogens is 605 g/mol. The molecule has 1 amide bonds. The molecule has 3 aromatic rings. The Morgan fingerprint density at radius 2 is 1.68 bits per heavy atom.